The number of nitrogens with zero attached hydrogens (tertiary/aromatic N) is 5. The molecule has 2 saturated heterocycles. The lowest BCUT2D eigenvalue weighted by Gasteiger charge is -2.36. The summed E-state index contributed by atoms with van der Waals surface area (Å²) in [5.74, 6) is -0.589. The Labute approximate surface area is 218 Å². The molecule has 0 aliphatic carbocycles. The molecule has 2 aromatic carbocycles. The van der Waals surface area contributed by atoms with E-state index in [-0.39, 0.29) is 16.3 Å². The fourth-order valence-corrected chi connectivity index (χ4v) is 4.36. The molecule has 2 fully saturated rings. The Hall–Kier alpha value is -3.15. The smallest absolute Gasteiger partial charge is 0.272 e. The first-order valence-electron chi connectivity index (χ1n) is 12.5. The highest BCUT2D eigenvalue weighted by Gasteiger charge is 2.21. The van der Waals surface area contributed by atoms with E-state index >= 15 is 0 Å². The van der Waals surface area contributed by atoms with Gasteiger partial charge in [-0.3, -0.25) is 20.2 Å². The molecule has 2 aliphatic heterocycles. The third-order valence-corrected chi connectivity index (χ3v) is 6.66. The Morgan fingerprint density at radius 2 is 1.30 bits per heavy atom. The van der Waals surface area contributed by atoms with Crippen molar-refractivity contribution in [3.8, 4) is 0 Å². The first-order valence-corrected chi connectivity index (χ1v) is 12.5. The zero-order valence-electron chi connectivity index (χ0n) is 22.2. The highest BCUT2D eigenvalue weighted by molar-refractivity contribution is 5.53. The van der Waals surface area contributed by atoms with Gasteiger partial charge in [0, 0.05) is 49.1 Å². The summed E-state index contributed by atoms with van der Waals surface area (Å²) in [7, 11) is 8.54. The standard InChI is InChI=1S/C13H19N3O2.C7H16N2.C6H4FNO2/c1-14(2)11-6-8-15(9-7-11)12-4-3-5-13(10-12)16(17)18;1-9(2)7-3-5-8-6-4-7;7-5-2-1-3-6(4-5)8(9)10/h3-5,10-11H,6-9H2,1-2H3;7-8H,3-6H2,1-2H3;1-4H. The van der Waals surface area contributed by atoms with Crippen LogP contribution >= 0.6 is 0 Å². The third kappa shape index (κ3) is 10.4. The Kier molecular flexibility index (Phi) is 12.3. The minimum Gasteiger partial charge on any atom is -0.371 e. The van der Waals surface area contributed by atoms with Crippen molar-refractivity contribution in [2.24, 2.45) is 0 Å². The Bertz CT molecular complexity index is 993. The lowest BCUT2D eigenvalue weighted by Crippen LogP contribution is -2.41. The fourth-order valence-electron chi connectivity index (χ4n) is 4.36. The quantitative estimate of drug-likeness (QED) is 0.464. The molecule has 10 nitrogen and oxygen atoms in total. The zero-order chi connectivity index (χ0) is 27.4. The van der Waals surface area contributed by atoms with Crippen molar-refractivity contribution in [3.05, 3.63) is 74.6 Å². The summed E-state index contributed by atoms with van der Waals surface area (Å²) in [6.45, 7) is 4.32. The number of anilines is 1. The molecular weight excluding hydrogens is 479 g/mol. The van der Waals surface area contributed by atoms with Gasteiger partial charge in [-0.15, -0.1) is 0 Å². The van der Waals surface area contributed by atoms with E-state index < -0.39 is 10.7 Å². The van der Waals surface area contributed by atoms with Gasteiger partial charge < -0.3 is 20.0 Å². The number of halogens is 1. The van der Waals surface area contributed by atoms with Gasteiger partial charge in [0.25, 0.3) is 11.4 Å². The van der Waals surface area contributed by atoms with Crippen LogP contribution in [0.25, 0.3) is 0 Å². The van der Waals surface area contributed by atoms with Crippen LogP contribution in [0.2, 0.25) is 0 Å². The number of nitro groups is 2. The van der Waals surface area contributed by atoms with Gasteiger partial charge in [-0.25, -0.2) is 4.39 Å². The van der Waals surface area contributed by atoms with Crippen LogP contribution in [0.5, 0.6) is 0 Å². The summed E-state index contributed by atoms with van der Waals surface area (Å²) in [5, 5.41) is 24.1. The van der Waals surface area contributed by atoms with Crippen LogP contribution in [0.15, 0.2) is 48.5 Å². The molecule has 0 unspecified atom stereocenters. The molecule has 0 spiro atoms. The minimum absolute atomic E-state index is 0.169. The first-order chi connectivity index (χ1) is 17.6. The van der Waals surface area contributed by atoms with Gasteiger partial charge in [0.15, 0.2) is 0 Å². The van der Waals surface area contributed by atoms with Crippen molar-refractivity contribution in [1.82, 2.24) is 15.1 Å². The van der Waals surface area contributed by atoms with E-state index in [1.54, 1.807) is 12.1 Å². The molecule has 0 radical (unpaired) electrons. The molecule has 4 rings (SSSR count). The summed E-state index contributed by atoms with van der Waals surface area (Å²) in [6.07, 6.45) is 4.84. The summed E-state index contributed by atoms with van der Waals surface area (Å²) in [4.78, 5) is 26.6. The van der Waals surface area contributed by atoms with Crippen molar-refractivity contribution < 1.29 is 14.2 Å². The summed E-state index contributed by atoms with van der Waals surface area (Å²) >= 11 is 0. The van der Waals surface area contributed by atoms with E-state index in [2.05, 4.69) is 48.2 Å². The lowest BCUT2D eigenvalue weighted by atomic mass is 10.0. The van der Waals surface area contributed by atoms with Crippen molar-refractivity contribution in [3.63, 3.8) is 0 Å². The summed E-state index contributed by atoms with van der Waals surface area (Å²) < 4.78 is 12.2. The molecule has 0 aromatic heterocycles. The number of benzene rings is 2. The number of non-ortho nitro benzene ring substituents is 2. The average molecular weight is 519 g/mol. The molecule has 11 heteroatoms. The van der Waals surface area contributed by atoms with Gasteiger partial charge >= 0.3 is 0 Å². The minimum atomic E-state index is -0.636. The van der Waals surface area contributed by atoms with Crippen LogP contribution < -0.4 is 10.2 Å². The van der Waals surface area contributed by atoms with Crippen LogP contribution in [0.3, 0.4) is 0 Å². The second-order valence-electron chi connectivity index (χ2n) is 9.64. The largest absolute Gasteiger partial charge is 0.371 e. The van der Waals surface area contributed by atoms with E-state index in [9.17, 15) is 24.6 Å². The van der Waals surface area contributed by atoms with Gasteiger partial charge in [0.05, 0.1) is 15.9 Å². The van der Waals surface area contributed by atoms with E-state index in [0.717, 1.165) is 49.8 Å². The fraction of sp³-hybridized carbons (Fsp3) is 0.538. The van der Waals surface area contributed by atoms with Gasteiger partial charge in [0.2, 0.25) is 0 Å². The predicted molar refractivity (Wildman–Crippen MR) is 145 cm³/mol. The number of nitro benzene ring substituents is 2. The number of hydrogen-bond acceptors (Lipinski definition) is 8. The van der Waals surface area contributed by atoms with Crippen LogP contribution in [0, 0.1) is 26.0 Å². The van der Waals surface area contributed by atoms with Gasteiger partial charge in [-0.1, -0.05) is 12.1 Å². The first kappa shape index (κ1) is 30.1. The third-order valence-electron chi connectivity index (χ3n) is 6.66. The maximum atomic E-state index is 12.2. The normalized spacial score (nSPS) is 16.5. The molecule has 0 atom stereocenters. The van der Waals surface area contributed by atoms with Crippen LogP contribution in [-0.4, -0.2) is 86.1 Å². The van der Waals surface area contributed by atoms with Gasteiger partial charge in [-0.2, -0.15) is 0 Å². The van der Waals surface area contributed by atoms with Crippen molar-refractivity contribution >= 4 is 17.1 Å². The Balaban J connectivity index is 0.000000214. The summed E-state index contributed by atoms with van der Waals surface area (Å²) in [6, 6.07) is 12.9. The molecule has 2 heterocycles. The second kappa shape index (κ2) is 15.2. The molecule has 204 valence electrons. The Morgan fingerprint density at radius 1 is 0.811 bits per heavy atom. The highest BCUT2D eigenvalue weighted by Crippen LogP contribution is 2.25. The molecule has 2 aliphatic rings. The van der Waals surface area contributed by atoms with Crippen LogP contribution in [-0.2, 0) is 0 Å². The van der Waals surface area contributed by atoms with E-state index in [1.807, 2.05) is 6.07 Å². The van der Waals surface area contributed by atoms with Crippen LogP contribution in [0.1, 0.15) is 25.7 Å². The lowest BCUT2D eigenvalue weighted by molar-refractivity contribution is -0.385. The number of nitrogens with one attached hydrogen (secondary N) is 1. The summed E-state index contributed by atoms with van der Waals surface area (Å²) in [5.41, 5.74) is 0.906. The molecule has 37 heavy (non-hydrogen) atoms. The zero-order valence-corrected chi connectivity index (χ0v) is 22.2. The maximum Gasteiger partial charge on any atom is 0.272 e. The SMILES string of the molecule is CN(C)C1CCN(c2cccc([N+](=O)[O-])c2)CC1.CN(C)C1CCNCC1.O=[N+]([O-])c1cccc(F)c1. The number of rotatable bonds is 5. The maximum absolute atomic E-state index is 12.2. The highest BCUT2D eigenvalue weighted by atomic mass is 19.1. The van der Waals surface area contributed by atoms with Gasteiger partial charge in [0.1, 0.15) is 5.82 Å². The van der Waals surface area contributed by atoms with Gasteiger partial charge in [-0.05, 0) is 79.1 Å². The van der Waals surface area contributed by atoms with E-state index in [0.29, 0.717) is 6.04 Å². The molecule has 1 N–H and O–H groups in total. The van der Waals surface area contributed by atoms with Crippen molar-refractivity contribution in [2.75, 3.05) is 59.3 Å². The molecular formula is C26H39FN6O4. The van der Waals surface area contributed by atoms with E-state index in [4.69, 9.17) is 0 Å². The topological polar surface area (TPSA) is 108 Å². The predicted octanol–water partition coefficient (Wildman–Crippen LogP) is 4.16. The second-order valence-corrected chi connectivity index (χ2v) is 9.64. The van der Waals surface area contributed by atoms with Crippen LogP contribution in [0.4, 0.5) is 21.5 Å². The molecule has 0 saturated carbocycles. The number of piperidine rings is 2. The van der Waals surface area contributed by atoms with E-state index in [1.165, 1.54) is 44.1 Å². The van der Waals surface area contributed by atoms with Crippen molar-refractivity contribution in [1.29, 1.82) is 0 Å². The average Bonchev–Trinajstić information content (AvgIpc) is 2.90. The van der Waals surface area contributed by atoms with Crippen molar-refractivity contribution in [2.45, 2.75) is 37.8 Å². The monoisotopic (exact) mass is 518 g/mol. The molecule has 2 aromatic rings. The molecule has 0 bridgehead atoms. The Morgan fingerprint density at radius 3 is 1.73 bits per heavy atom. The molecule has 0 amide bonds. The number of hydrogen-bond donors (Lipinski definition) is 1.